The summed E-state index contributed by atoms with van der Waals surface area (Å²) in [5.41, 5.74) is 0.0931. The van der Waals surface area contributed by atoms with E-state index in [4.69, 9.17) is 5.11 Å². The Balaban J connectivity index is 0.000000229. The molecule has 0 bridgehead atoms. The number of amides is 1. The van der Waals surface area contributed by atoms with Gasteiger partial charge in [-0.1, -0.05) is 12.6 Å². The van der Waals surface area contributed by atoms with Crippen LogP contribution in [0.15, 0.2) is 64.8 Å². The maximum absolute atomic E-state index is 13.0. The average Bonchev–Trinajstić information content (AvgIpc) is 2.73. The molecule has 0 fully saturated rings. The summed E-state index contributed by atoms with van der Waals surface area (Å²) in [6.45, 7) is 4.87. The number of nitrogens with zero attached hydrogens (tertiary/aromatic N) is 4. The maximum atomic E-state index is 13.0. The van der Waals surface area contributed by atoms with Crippen molar-refractivity contribution in [1.29, 1.82) is 0 Å². The Hall–Kier alpha value is -4.15. The van der Waals surface area contributed by atoms with Crippen LogP contribution in [0.4, 0.5) is 8.78 Å². The van der Waals surface area contributed by atoms with Gasteiger partial charge in [-0.25, -0.2) is 23.5 Å². The summed E-state index contributed by atoms with van der Waals surface area (Å²) in [5, 5.41) is 10.8. The monoisotopic (exact) mass is 445 g/mol. The van der Waals surface area contributed by atoms with Crippen LogP contribution in [0.3, 0.4) is 0 Å². The van der Waals surface area contributed by atoms with Crippen LogP contribution in [0.2, 0.25) is 0 Å². The van der Waals surface area contributed by atoms with Gasteiger partial charge in [0.15, 0.2) is 0 Å². The third kappa shape index (κ3) is 6.42. The van der Waals surface area contributed by atoms with Crippen molar-refractivity contribution in [3.05, 3.63) is 105 Å². The normalized spacial score (nSPS) is 10.1. The molecule has 0 atom stereocenters. The summed E-state index contributed by atoms with van der Waals surface area (Å²) in [7, 11) is 1.60. The molecule has 168 valence electrons. The van der Waals surface area contributed by atoms with Gasteiger partial charge in [-0.2, -0.15) is 0 Å². The molecule has 0 radical (unpaired) electrons. The van der Waals surface area contributed by atoms with Crippen LogP contribution in [0.25, 0.3) is 0 Å². The third-order valence-electron chi connectivity index (χ3n) is 4.06. The lowest BCUT2D eigenvalue weighted by atomic mass is 10.2. The lowest BCUT2D eigenvalue weighted by molar-refractivity contribution is 0.0944. The standard InChI is InChI=1S/C11H12N4O2.C10H9F2NO2/c1-8-5-9(13-7-12-8)6-15-10(16)3-4-14(2)11(15)17;1-6(14)5-13-10(15)9-7(11)3-2-4-8(9)12/h3-5,7H,6H2,1-2H3;2-4,14H,1,5H2,(H,13,15). The first-order valence-corrected chi connectivity index (χ1v) is 9.23. The van der Waals surface area contributed by atoms with Crippen LogP contribution in [0, 0.1) is 18.6 Å². The Kier molecular flexibility index (Phi) is 8.11. The number of aliphatic hydroxyl groups excluding tert-OH is 1. The van der Waals surface area contributed by atoms with Gasteiger partial charge in [0.2, 0.25) is 0 Å². The van der Waals surface area contributed by atoms with Crippen molar-refractivity contribution in [2.75, 3.05) is 6.54 Å². The molecule has 0 saturated carbocycles. The van der Waals surface area contributed by atoms with Crippen LogP contribution >= 0.6 is 0 Å². The first-order valence-electron chi connectivity index (χ1n) is 9.23. The Morgan fingerprint density at radius 3 is 2.44 bits per heavy atom. The number of aryl methyl sites for hydroxylation is 2. The second-order valence-electron chi connectivity index (χ2n) is 6.63. The van der Waals surface area contributed by atoms with E-state index in [0.717, 1.165) is 28.5 Å². The van der Waals surface area contributed by atoms with Gasteiger partial charge >= 0.3 is 5.69 Å². The summed E-state index contributed by atoms with van der Waals surface area (Å²) < 4.78 is 28.6. The molecule has 0 aliphatic heterocycles. The summed E-state index contributed by atoms with van der Waals surface area (Å²) in [5.74, 6) is -3.12. The second-order valence-corrected chi connectivity index (χ2v) is 6.63. The van der Waals surface area contributed by atoms with Crippen LogP contribution in [0.5, 0.6) is 0 Å². The zero-order valence-corrected chi connectivity index (χ0v) is 17.4. The van der Waals surface area contributed by atoms with Gasteiger partial charge in [-0.05, 0) is 25.1 Å². The number of nitrogens with one attached hydrogen (secondary N) is 1. The molecule has 0 unspecified atom stereocenters. The highest BCUT2D eigenvalue weighted by molar-refractivity contribution is 5.94. The van der Waals surface area contributed by atoms with Gasteiger partial charge < -0.3 is 15.0 Å². The van der Waals surface area contributed by atoms with Gasteiger partial charge in [0.05, 0.1) is 18.8 Å². The topological polar surface area (TPSA) is 119 Å². The molecule has 0 spiro atoms. The quantitative estimate of drug-likeness (QED) is 0.574. The van der Waals surface area contributed by atoms with E-state index < -0.39 is 23.1 Å². The Bertz CT molecular complexity index is 1230. The molecular formula is C21H21F2N5O4. The Morgan fingerprint density at radius 2 is 1.84 bits per heavy atom. The van der Waals surface area contributed by atoms with Crippen molar-refractivity contribution in [2.45, 2.75) is 13.5 Å². The molecule has 11 heteroatoms. The number of carbonyl (C=O) groups excluding carboxylic acids is 1. The van der Waals surface area contributed by atoms with E-state index in [1.54, 1.807) is 13.1 Å². The molecular weight excluding hydrogens is 424 g/mol. The van der Waals surface area contributed by atoms with E-state index in [-0.39, 0.29) is 30.1 Å². The van der Waals surface area contributed by atoms with Gasteiger partial charge in [0, 0.05) is 25.0 Å². The smallest absolute Gasteiger partial charge is 0.331 e. The minimum Gasteiger partial charge on any atom is -0.511 e. The third-order valence-corrected chi connectivity index (χ3v) is 4.06. The summed E-state index contributed by atoms with van der Waals surface area (Å²) >= 11 is 0. The van der Waals surface area contributed by atoms with E-state index in [0.29, 0.717) is 5.69 Å². The van der Waals surface area contributed by atoms with Gasteiger partial charge in [-0.15, -0.1) is 0 Å². The van der Waals surface area contributed by atoms with Gasteiger partial charge in [0.1, 0.15) is 29.3 Å². The number of rotatable bonds is 5. The van der Waals surface area contributed by atoms with Crippen LogP contribution in [-0.4, -0.2) is 36.7 Å². The minimum absolute atomic E-state index is 0.162. The van der Waals surface area contributed by atoms with Crippen molar-refractivity contribution >= 4 is 5.91 Å². The zero-order valence-electron chi connectivity index (χ0n) is 17.4. The second kappa shape index (κ2) is 10.8. The lowest BCUT2D eigenvalue weighted by Crippen LogP contribution is -2.38. The fourth-order valence-electron chi connectivity index (χ4n) is 2.50. The van der Waals surface area contributed by atoms with E-state index in [9.17, 15) is 23.2 Å². The van der Waals surface area contributed by atoms with Crippen molar-refractivity contribution in [1.82, 2.24) is 24.4 Å². The molecule has 0 aliphatic rings. The molecule has 2 aromatic heterocycles. The van der Waals surface area contributed by atoms with Crippen molar-refractivity contribution in [3.63, 3.8) is 0 Å². The number of aliphatic hydroxyl groups is 1. The fourth-order valence-corrected chi connectivity index (χ4v) is 2.50. The number of hydrogen-bond donors (Lipinski definition) is 2. The number of benzene rings is 1. The molecule has 2 N–H and O–H groups in total. The van der Waals surface area contributed by atoms with Gasteiger partial charge in [0.25, 0.3) is 11.5 Å². The molecule has 1 amide bonds. The number of halogens is 2. The zero-order chi connectivity index (χ0) is 23.8. The first kappa shape index (κ1) is 24.1. The largest absolute Gasteiger partial charge is 0.511 e. The van der Waals surface area contributed by atoms with Crippen LogP contribution < -0.4 is 16.6 Å². The number of aromatic nitrogens is 4. The molecule has 32 heavy (non-hydrogen) atoms. The lowest BCUT2D eigenvalue weighted by Gasteiger charge is -2.05. The minimum atomic E-state index is -0.948. The predicted octanol–water partition coefficient (Wildman–Crippen LogP) is 1.46. The van der Waals surface area contributed by atoms with Gasteiger partial charge in [-0.3, -0.25) is 14.2 Å². The Morgan fingerprint density at radius 1 is 1.19 bits per heavy atom. The molecule has 0 aliphatic carbocycles. The van der Waals surface area contributed by atoms with E-state index >= 15 is 0 Å². The highest BCUT2D eigenvalue weighted by Gasteiger charge is 2.16. The number of hydrogen-bond acceptors (Lipinski definition) is 6. The summed E-state index contributed by atoms with van der Waals surface area (Å²) in [6, 6.07) is 6.22. The molecule has 0 saturated heterocycles. The summed E-state index contributed by atoms with van der Waals surface area (Å²) in [6.07, 6.45) is 2.87. The highest BCUT2D eigenvalue weighted by Crippen LogP contribution is 2.11. The molecule has 9 nitrogen and oxygen atoms in total. The van der Waals surface area contributed by atoms with Crippen molar-refractivity contribution in [2.24, 2.45) is 7.05 Å². The van der Waals surface area contributed by atoms with E-state index in [2.05, 4.69) is 21.9 Å². The SMILES string of the molecule is C=C(O)CNC(=O)c1c(F)cccc1F.Cc1cc(Cn2c(=O)ccn(C)c2=O)ncn1. The average molecular weight is 445 g/mol. The molecule has 3 aromatic rings. The van der Waals surface area contributed by atoms with Crippen molar-refractivity contribution in [3.8, 4) is 0 Å². The highest BCUT2D eigenvalue weighted by atomic mass is 19.1. The maximum Gasteiger partial charge on any atom is 0.331 e. The fraction of sp³-hybridized carbons (Fsp3) is 0.190. The predicted molar refractivity (Wildman–Crippen MR) is 112 cm³/mol. The molecule has 3 rings (SSSR count). The first-order chi connectivity index (χ1) is 15.1. The number of carbonyl (C=O) groups is 1. The van der Waals surface area contributed by atoms with E-state index in [1.165, 1.54) is 23.2 Å². The van der Waals surface area contributed by atoms with E-state index in [1.807, 2.05) is 6.92 Å². The summed E-state index contributed by atoms with van der Waals surface area (Å²) in [4.78, 5) is 42.6. The van der Waals surface area contributed by atoms with Crippen molar-refractivity contribution < 1.29 is 18.7 Å². The van der Waals surface area contributed by atoms with Crippen LogP contribution in [0.1, 0.15) is 21.7 Å². The Labute approximate surface area is 181 Å². The molecule has 1 aromatic carbocycles. The van der Waals surface area contributed by atoms with Crippen LogP contribution in [-0.2, 0) is 13.6 Å². The molecule has 2 heterocycles.